The Morgan fingerprint density at radius 3 is 2.44 bits per heavy atom. The van der Waals surface area contributed by atoms with E-state index >= 15 is 0 Å². The van der Waals surface area contributed by atoms with Gasteiger partial charge in [-0.2, -0.15) is 0 Å². The van der Waals surface area contributed by atoms with E-state index < -0.39 is 0 Å². The number of aromatic nitrogens is 1. The van der Waals surface area contributed by atoms with Crippen molar-refractivity contribution in [1.29, 1.82) is 0 Å². The molecule has 18 heavy (non-hydrogen) atoms. The van der Waals surface area contributed by atoms with Crippen LogP contribution in [0.4, 0.5) is 0 Å². The van der Waals surface area contributed by atoms with Crippen LogP contribution in [0.1, 0.15) is 5.56 Å². The van der Waals surface area contributed by atoms with Gasteiger partial charge in [-0.1, -0.05) is 45.9 Å². The molecule has 0 unspecified atom stereocenters. The van der Waals surface area contributed by atoms with Gasteiger partial charge in [0.15, 0.2) is 0 Å². The summed E-state index contributed by atoms with van der Waals surface area (Å²) in [6.07, 6.45) is 0. The molecule has 0 saturated carbocycles. The molecule has 3 rings (SSSR count). The summed E-state index contributed by atoms with van der Waals surface area (Å²) in [5.41, 5.74) is 2.52. The summed E-state index contributed by atoms with van der Waals surface area (Å²) in [6, 6.07) is 16.8. The lowest BCUT2D eigenvalue weighted by Gasteiger charge is -2.00. The van der Waals surface area contributed by atoms with Gasteiger partial charge in [0.1, 0.15) is 0 Å². The zero-order chi connectivity index (χ0) is 12.5. The minimum absolute atomic E-state index is 1.11. The number of fused-ring (bicyclic) bond motifs is 1. The smallest absolute Gasteiger partial charge is 0.0810 e. The zero-order valence-corrected chi connectivity index (χ0v) is 12.3. The van der Waals surface area contributed by atoms with E-state index in [4.69, 9.17) is 0 Å². The Bertz CT molecular complexity index is 685. The number of para-hydroxylation sites is 1. The molecular weight excluding hydrogens is 306 g/mol. The Kier molecular flexibility index (Phi) is 3.18. The van der Waals surface area contributed by atoms with E-state index in [0.29, 0.717) is 0 Å². The summed E-state index contributed by atoms with van der Waals surface area (Å²) in [5.74, 6) is 0. The van der Waals surface area contributed by atoms with Crippen molar-refractivity contribution in [3.63, 3.8) is 0 Å². The molecule has 90 valence electrons. The number of aromatic amines is 1. The highest BCUT2D eigenvalue weighted by molar-refractivity contribution is 9.10. The Balaban J connectivity index is 1.99. The van der Waals surface area contributed by atoms with Gasteiger partial charge in [0.05, 0.1) is 5.03 Å². The van der Waals surface area contributed by atoms with Crippen LogP contribution >= 0.6 is 27.7 Å². The first kappa shape index (κ1) is 11.9. The van der Waals surface area contributed by atoms with Gasteiger partial charge in [-0.25, -0.2) is 0 Å². The van der Waals surface area contributed by atoms with E-state index in [1.54, 1.807) is 11.8 Å². The van der Waals surface area contributed by atoms with Gasteiger partial charge >= 0.3 is 0 Å². The van der Waals surface area contributed by atoms with Crippen LogP contribution < -0.4 is 0 Å². The highest BCUT2D eigenvalue weighted by Crippen LogP contribution is 2.34. The first-order chi connectivity index (χ1) is 8.74. The van der Waals surface area contributed by atoms with E-state index in [2.05, 4.69) is 76.4 Å². The summed E-state index contributed by atoms with van der Waals surface area (Å²) in [5, 5.41) is 2.52. The van der Waals surface area contributed by atoms with Crippen LogP contribution in [-0.4, -0.2) is 4.98 Å². The lowest BCUT2D eigenvalue weighted by atomic mass is 10.2. The Hall–Kier alpha value is -1.19. The summed E-state index contributed by atoms with van der Waals surface area (Å²) in [4.78, 5) is 4.72. The number of nitrogens with one attached hydrogen (secondary N) is 1. The molecule has 2 aromatic carbocycles. The van der Waals surface area contributed by atoms with E-state index in [1.807, 2.05) is 0 Å². The molecule has 0 atom stereocenters. The van der Waals surface area contributed by atoms with Gasteiger partial charge < -0.3 is 4.98 Å². The lowest BCUT2D eigenvalue weighted by molar-refractivity contribution is 1.18. The molecule has 1 N–H and O–H groups in total. The number of rotatable bonds is 2. The molecule has 3 heteroatoms. The fourth-order valence-corrected chi connectivity index (χ4v) is 3.18. The zero-order valence-electron chi connectivity index (χ0n) is 9.91. The first-order valence-corrected chi connectivity index (χ1v) is 7.36. The van der Waals surface area contributed by atoms with Crippen LogP contribution in [0.15, 0.2) is 62.9 Å². The van der Waals surface area contributed by atoms with Crippen molar-refractivity contribution in [1.82, 2.24) is 4.98 Å². The lowest BCUT2D eigenvalue weighted by Crippen LogP contribution is -1.76. The normalized spacial score (nSPS) is 11.0. The summed E-state index contributed by atoms with van der Waals surface area (Å²) in [7, 11) is 0. The van der Waals surface area contributed by atoms with Crippen LogP contribution in [0.25, 0.3) is 10.9 Å². The standard InChI is InChI=1S/C15H12BrNS/c1-10-13-4-2-3-5-14(13)17-15(10)18-12-8-6-11(16)7-9-12/h2-9,17H,1H3. The largest absolute Gasteiger partial charge is 0.349 e. The molecule has 1 heterocycles. The second-order valence-corrected chi connectivity index (χ2v) is 6.18. The van der Waals surface area contributed by atoms with Crippen LogP contribution in [0.5, 0.6) is 0 Å². The number of hydrogen-bond donors (Lipinski definition) is 1. The van der Waals surface area contributed by atoms with Crippen LogP contribution in [0.2, 0.25) is 0 Å². The van der Waals surface area contributed by atoms with Crippen molar-refractivity contribution in [2.45, 2.75) is 16.8 Å². The van der Waals surface area contributed by atoms with E-state index in [-0.39, 0.29) is 0 Å². The maximum absolute atomic E-state index is 3.48. The van der Waals surface area contributed by atoms with Crippen LogP contribution in [-0.2, 0) is 0 Å². The molecule has 0 spiro atoms. The molecule has 0 aliphatic carbocycles. The molecule has 1 aromatic heterocycles. The fourth-order valence-electron chi connectivity index (χ4n) is 1.98. The third-order valence-electron chi connectivity index (χ3n) is 2.95. The van der Waals surface area contributed by atoms with Crippen molar-refractivity contribution >= 4 is 38.6 Å². The summed E-state index contributed by atoms with van der Waals surface area (Å²) < 4.78 is 1.11. The monoisotopic (exact) mass is 317 g/mol. The number of benzene rings is 2. The van der Waals surface area contributed by atoms with Gasteiger partial charge in [-0.3, -0.25) is 0 Å². The SMILES string of the molecule is Cc1c(Sc2ccc(Br)cc2)[nH]c2ccccc12. The minimum Gasteiger partial charge on any atom is -0.349 e. The van der Waals surface area contributed by atoms with E-state index in [0.717, 1.165) is 4.47 Å². The fraction of sp³-hybridized carbons (Fsp3) is 0.0667. The molecule has 0 radical (unpaired) electrons. The maximum Gasteiger partial charge on any atom is 0.0810 e. The average molecular weight is 318 g/mol. The Labute approximate surface area is 119 Å². The highest BCUT2D eigenvalue weighted by Gasteiger charge is 2.08. The van der Waals surface area contributed by atoms with Gasteiger partial charge in [-0.15, -0.1) is 0 Å². The molecular formula is C15H12BrNS. The first-order valence-electron chi connectivity index (χ1n) is 5.75. The number of H-pyrrole nitrogens is 1. The molecule has 0 aliphatic heterocycles. The molecule has 0 saturated heterocycles. The predicted molar refractivity (Wildman–Crippen MR) is 81.3 cm³/mol. The van der Waals surface area contributed by atoms with Crippen molar-refractivity contribution < 1.29 is 0 Å². The van der Waals surface area contributed by atoms with Crippen LogP contribution in [0.3, 0.4) is 0 Å². The Morgan fingerprint density at radius 1 is 1.00 bits per heavy atom. The third kappa shape index (κ3) is 2.20. The molecule has 1 nitrogen and oxygen atoms in total. The van der Waals surface area contributed by atoms with Gasteiger partial charge in [0, 0.05) is 20.3 Å². The minimum atomic E-state index is 1.11. The van der Waals surface area contributed by atoms with Crippen molar-refractivity contribution in [2.24, 2.45) is 0 Å². The predicted octanol–water partition coefficient (Wildman–Crippen LogP) is 5.39. The molecule has 0 fully saturated rings. The van der Waals surface area contributed by atoms with Gasteiger partial charge in [-0.05, 0) is 42.8 Å². The second-order valence-electron chi connectivity index (χ2n) is 4.18. The number of hydrogen-bond acceptors (Lipinski definition) is 1. The molecule has 3 aromatic rings. The number of aryl methyl sites for hydroxylation is 1. The second kappa shape index (κ2) is 4.82. The van der Waals surface area contributed by atoms with Crippen molar-refractivity contribution in [3.05, 3.63) is 58.6 Å². The summed E-state index contributed by atoms with van der Waals surface area (Å²) in [6.45, 7) is 2.17. The summed E-state index contributed by atoms with van der Waals surface area (Å²) >= 11 is 5.23. The van der Waals surface area contributed by atoms with Crippen molar-refractivity contribution in [3.8, 4) is 0 Å². The highest BCUT2D eigenvalue weighted by atomic mass is 79.9. The topological polar surface area (TPSA) is 15.8 Å². The molecule has 0 amide bonds. The third-order valence-corrected chi connectivity index (χ3v) is 4.60. The van der Waals surface area contributed by atoms with Gasteiger partial charge in [0.25, 0.3) is 0 Å². The average Bonchev–Trinajstić information content (AvgIpc) is 2.70. The maximum atomic E-state index is 3.48. The van der Waals surface area contributed by atoms with E-state index in [1.165, 1.54) is 26.4 Å². The van der Waals surface area contributed by atoms with Gasteiger partial charge in [0.2, 0.25) is 0 Å². The Morgan fingerprint density at radius 2 is 1.72 bits per heavy atom. The van der Waals surface area contributed by atoms with E-state index in [9.17, 15) is 0 Å². The molecule has 0 aliphatic rings. The quantitative estimate of drug-likeness (QED) is 0.670. The van der Waals surface area contributed by atoms with Crippen LogP contribution in [0, 0.1) is 6.92 Å². The van der Waals surface area contributed by atoms with Crippen molar-refractivity contribution in [2.75, 3.05) is 0 Å². The number of halogens is 1. The molecule has 0 bridgehead atoms.